The largest absolute Gasteiger partial charge is 0.323 e. The monoisotopic (exact) mass is 386 g/mol. The molecule has 2 aliphatic heterocycles. The number of amides is 1. The number of hydrazine groups is 1. The SMILES string of the molecule is CC1NN(c2ccccc2)C2NCC(C(=O)Nc3ccc(F)cc3F)C(=O)C12. The molecule has 0 aliphatic carbocycles. The molecular weight excluding hydrogens is 366 g/mol. The standard InChI is InChI=1S/C20H20F2N4O2/c1-11-17-18(27)14(20(28)24-16-8-7-12(21)9-15(16)22)10-23-19(17)26(25-11)13-5-3-2-4-6-13/h2-9,11,14,17,19,23,25H,10H2,1H3,(H,24,28). The maximum absolute atomic E-state index is 13.8. The van der Waals surface area contributed by atoms with Crippen LogP contribution in [0.15, 0.2) is 48.5 Å². The van der Waals surface area contributed by atoms with Crippen molar-refractivity contribution >= 4 is 23.1 Å². The van der Waals surface area contributed by atoms with E-state index >= 15 is 0 Å². The van der Waals surface area contributed by atoms with Gasteiger partial charge in [0.15, 0.2) is 5.78 Å². The highest BCUT2D eigenvalue weighted by Crippen LogP contribution is 2.32. The van der Waals surface area contributed by atoms with Crippen molar-refractivity contribution in [2.45, 2.75) is 19.1 Å². The Morgan fingerprint density at radius 3 is 2.64 bits per heavy atom. The molecular formula is C20H20F2N4O2. The molecule has 2 fully saturated rings. The number of carbonyl (C=O) groups is 2. The summed E-state index contributed by atoms with van der Waals surface area (Å²) in [6.45, 7) is 2.02. The van der Waals surface area contributed by atoms with Gasteiger partial charge in [0.25, 0.3) is 0 Å². The first-order valence-corrected chi connectivity index (χ1v) is 9.09. The number of para-hydroxylation sites is 1. The van der Waals surface area contributed by atoms with Crippen molar-refractivity contribution in [2.24, 2.45) is 11.8 Å². The highest BCUT2D eigenvalue weighted by atomic mass is 19.1. The molecule has 1 amide bonds. The van der Waals surface area contributed by atoms with E-state index < -0.39 is 29.4 Å². The molecule has 0 saturated carbocycles. The first-order chi connectivity index (χ1) is 13.5. The third-order valence-corrected chi connectivity index (χ3v) is 5.24. The molecule has 2 aliphatic rings. The molecule has 2 saturated heterocycles. The van der Waals surface area contributed by atoms with Gasteiger partial charge in [0, 0.05) is 18.7 Å². The highest BCUT2D eigenvalue weighted by molar-refractivity contribution is 6.09. The zero-order valence-corrected chi connectivity index (χ0v) is 15.2. The Labute approximate surface area is 160 Å². The number of anilines is 2. The third-order valence-electron chi connectivity index (χ3n) is 5.24. The van der Waals surface area contributed by atoms with Crippen molar-refractivity contribution in [3.8, 4) is 0 Å². The summed E-state index contributed by atoms with van der Waals surface area (Å²) >= 11 is 0. The van der Waals surface area contributed by atoms with E-state index in [1.807, 2.05) is 42.3 Å². The van der Waals surface area contributed by atoms with Gasteiger partial charge in [-0.25, -0.2) is 14.2 Å². The predicted molar refractivity (Wildman–Crippen MR) is 100 cm³/mol. The molecule has 4 atom stereocenters. The summed E-state index contributed by atoms with van der Waals surface area (Å²) in [5.74, 6) is -3.82. The molecule has 2 aromatic carbocycles. The van der Waals surface area contributed by atoms with Gasteiger partial charge in [-0.05, 0) is 31.2 Å². The van der Waals surface area contributed by atoms with Crippen LogP contribution in [0.1, 0.15) is 6.92 Å². The van der Waals surface area contributed by atoms with Gasteiger partial charge in [0.1, 0.15) is 23.7 Å². The number of fused-ring (bicyclic) bond motifs is 1. The molecule has 28 heavy (non-hydrogen) atoms. The fourth-order valence-corrected chi connectivity index (χ4v) is 3.86. The third kappa shape index (κ3) is 3.25. The summed E-state index contributed by atoms with van der Waals surface area (Å²) in [4.78, 5) is 25.6. The van der Waals surface area contributed by atoms with E-state index in [1.165, 1.54) is 0 Å². The van der Waals surface area contributed by atoms with Crippen LogP contribution in [0.3, 0.4) is 0 Å². The van der Waals surface area contributed by atoms with Crippen LogP contribution in [0.25, 0.3) is 0 Å². The second kappa shape index (κ2) is 7.29. The van der Waals surface area contributed by atoms with Crippen LogP contribution in [-0.4, -0.2) is 30.4 Å². The average molecular weight is 386 g/mol. The van der Waals surface area contributed by atoms with Gasteiger partial charge in [-0.3, -0.25) is 19.9 Å². The van der Waals surface area contributed by atoms with Crippen molar-refractivity contribution in [2.75, 3.05) is 16.9 Å². The van der Waals surface area contributed by atoms with Gasteiger partial charge in [0.05, 0.1) is 17.3 Å². The number of benzene rings is 2. The number of Topliss-reactive ketones (excluding diaryl/α,β-unsaturated/α-hetero) is 1. The van der Waals surface area contributed by atoms with Gasteiger partial charge >= 0.3 is 0 Å². The first kappa shape index (κ1) is 18.5. The van der Waals surface area contributed by atoms with Gasteiger partial charge in [0.2, 0.25) is 5.91 Å². The topological polar surface area (TPSA) is 73.5 Å². The number of nitrogens with one attached hydrogen (secondary N) is 3. The van der Waals surface area contributed by atoms with Crippen molar-refractivity contribution in [1.82, 2.24) is 10.7 Å². The smallest absolute Gasteiger partial charge is 0.236 e. The Bertz CT molecular complexity index is 908. The van der Waals surface area contributed by atoms with Crippen LogP contribution in [0.2, 0.25) is 0 Å². The molecule has 4 rings (SSSR count). The lowest BCUT2D eigenvalue weighted by molar-refractivity contribution is -0.136. The summed E-state index contributed by atoms with van der Waals surface area (Å²) in [5.41, 5.74) is 4.05. The molecule has 6 nitrogen and oxygen atoms in total. The van der Waals surface area contributed by atoms with E-state index in [2.05, 4.69) is 16.1 Å². The number of halogens is 2. The minimum Gasteiger partial charge on any atom is -0.323 e. The number of ketones is 1. The maximum Gasteiger partial charge on any atom is 0.236 e. The average Bonchev–Trinajstić information content (AvgIpc) is 3.02. The molecule has 2 aromatic rings. The van der Waals surface area contributed by atoms with Crippen LogP contribution in [0, 0.1) is 23.5 Å². The Morgan fingerprint density at radius 2 is 1.93 bits per heavy atom. The number of rotatable bonds is 3. The van der Waals surface area contributed by atoms with Gasteiger partial charge in [-0.1, -0.05) is 18.2 Å². The fraction of sp³-hybridized carbons (Fsp3) is 0.300. The van der Waals surface area contributed by atoms with Gasteiger partial charge in [-0.15, -0.1) is 0 Å². The van der Waals surface area contributed by atoms with Crippen LogP contribution < -0.4 is 21.1 Å². The predicted octanol–water partition coefficient (Wildman–Crippen LogP) is 2.05. The molecule has 0 spiro atoms. The minimum atomic E-state index is -0.953. The molecule has 2 heterocycles. The van der Waals surface area contributed by atoms with Crippen LogP contribution in [0.5, 0.6) is 0 Å². The lowest BCUT2D eigenvalue weighted by Gasteiger charge is -2.35. The lowest BCUT2D eigenvalue weighted by atomic mass is 9.83. The zero-order chi connectivity index (χ0) is 19.8. The van der Waals surface area contributed by atoms with E-state index in [9.17, 15) is 18.4 Å². The van der Waals surface area contributed by atoms with Crippen molar-refractivity contribution in [3.05, 3.63) is 60.2 Å². The van der Waals surface area contributed by atoms with E-state index in [0.717, 1.165) is 17.8 Å². The number of hydrogen-bond donors (Lipinski definition) is 3. The Kier molecular flexibility index (Phi) is 4.82. The van der Waals surface area contributed by atoms with E-state index in [0.29, 0.717) is 6.07 Å². The molecule has 0 radical (unpaired) electrons. The summed E-state index contributed by atoms with van der Waals surface area (Å²) in [5, 5.41) is 7.56. The van der Waals surface area contributed by atoms with Crippen LogP contribution >= 0.6 is 0 Å². The van der Waals surface area contributed by atoms with Crippen molar-refractivity contribution in [1.29, 1.82) is 0 Å². The number of carbonyl (C=O) groups excluding carboxylic acids is 2. The number of piperidine rings is 1. The maximum atomic E-state index is 13.8. The zero-order valence-electron chi connectivity index (χ0n) is 15.2. The summed E-state index contributed by atoms with van der Waals surface area (Å²) < 4.78 is 26.9. The Hall–Kier alpha value is -2.84. The quantitative estimate of drug-likeness (QED) is 0.705. The molecule has 0 aromatic heterocycles. The van der Waals surface area contributed by atoms with E-state index in [4.69, 9.17) is 0 Å². The highest BCUT2D eigenvalue weighted by Gasteiger charge is 2.50. The number of nitrogens with zero attached hydrogens (tertiary/aromatic N) is 1. The van der Waals surface area contributed by atoms with E-state index in [-0.39, 0.29) is 30.2 Å². The summed E-state index contributed by atoms with van der Waals surface area (Å²) in [6.07, 6.45) is -0.281. The van der Waals surface area contributed by atoms with Crippen LogP contribution in [-0.2, 0) is 9.59 Å². The first-order valence-electron chi connectivity index (χ1n) is 9.09. The second-order valence-corrected chi connectivity index (χ2v) is 7.07. The Balaban J connectivity index is 1.51. The lowest BCUT2D eigenvalue weighted by Crippen LogP contribution is -2.58. The number of hydrogen-bond acceptors (Lipinski definition) is 5. The Morgan fingerprint density at radius 1 is 1.18 bits per heavy atom. The minimum absolute atomic E-state index is 0.131. The molecule has 8 heteroatoms. The van der Waals surface area contributed by atoms with Gasteiger partial charge in [-0.2, -0.15) is 0 Å². The molecule has 0 bridgehead atoms. The van der Waals surface area contributed by atoms with Crippen molar-refractivity contribution in [3.63, 3.8) is 0 Å². The molecule has 3 N–H and O–H groups in total. The van der Waals surface area contributed by atoms with E-state index in [1.54, 1.807) is 0 Å². The molecule has 4 unspecified atom stereocenters. The summed E-state index contributed by atoms with van der Waals surface area (Å²) in [6, 6.07) is 12.3. The van der Waals surface area contributed by atoms with Crippen LogP contribution in [0.4, 0.5) is 20.2 Å². The fourth-order valence-electron chi connectivity index (χ4n) is 3.86. The molecule has 146 valence electrons. The van der Waals surface area contributed by atoms with Crippen molar-refractivity contribution < 1.29 is 18.4 Å². The summed E-state index contributed by atoms with van der Waals surface area (Å²) in [7, 11) is 0. The van der Waals surface area contributed by atoms with Gasteiger partial charge < -0.3 is 5.32 Å². The normalized spacial score (nSPS) is 26.8. The second-order valence-electron chi connectivity index (χ2n) is 7.07.